The van der Waals surface area contributed by atoms with Gasteiger partial charge in [0.1, 0.15) is 0 Å². The summed E-state index contributed by atoms with van der Waals surface area (Å²) in [6, 6.07) is 2.45. The van der Waals surface area contributed by atoms with E-state index in [2.05, 4.69) is 15.9 Å². The number of aromatic hydroxyl groups is 1. The topological polar surface area (TPSA) is 66.5 Å². The molecule has 0 aromatic heterocycles. The number of hydrogen-bond acceptors (Lipinski definition) is 3. The number of phenols is 1. The van der Waals surface area contributed by atoms with Crippen LogP contribution in [0.4, 0.5) is 4.39 Å². The number of benzene rings is 1. The zero-order valence-electron chi connectivity index (χ0n) is 7.37. The molecule has 1 aromatic rings. The van der Waals surface area contributed by atoms with Crippen molar-refractivity contribution in [1.82, 2.24) is 0 Å². The standard InChI is InChI=1S/C9H11BrFNO2/c10-6-2-1-5(7(12)3-4-13)9(14)8(6)11/h1-2,7,13-14H,3-4,12H2/t7-/m1/s1. The fourth-order valence-corrected chi connectivity index (χ4v) is 1.47. The molecule has 0 unspecified atom stereocenters. The Hall–Kier alpha value is -0.650. The van der Waals surface area contributed by atoms with Gasteiger partial charge in [0.05, 0.1) is 4.47 Å². The minimum atomic E-state index is -0.726. The molecule has 1 rings (SSSR count). The van der Waals surface area contributed by atoms with Crippen LogP contribution in [0.5, 0.6) is 5.75 Å². The number of hydrogen-bond donors (Lipinski definition) is 3. The van der Waals surface area contributed by atoms with Crippen LogP contribution in [0.15, 0.2) is 16.6 Å². The Balaban J connectivity index is 3.04. The van der Waals surface area contributed by atoms with E-state index >= 15 is 0 Å². The van der Waals surface area contributed by atoms with Crippen molar-refractivity contribution in [3.05, 3.63) is 28.0 Å². The molecular weight excluding hydrogens is 253 g/mol. The summed E-state index contributed by atoms with van der Waals surface area (Å²) >= 11 is 2.94. The van der Waals surface area contributed by atoms with E-state index < -0.39 is 17.6 Å². The van der Waals surface area contributed by atoms with Gasteiger partial charge in [0.15, 0.2) is 11.6 Å². The molecule has 0 saturated carbocycles. The second-order valence-electron chi connectivity index (χ2n) is 2.92. The second-order valence-corrected chi connectivity index (χ2v) is 3.77. The third kappa shape index (κ3) is 2.23. The second kappa shape index (κ2) is 4.72. The van der Waals surface area contributed by atoms with Gasteiger partial charge in [-0.2, -0.15) is 0 Å². The summed E-state index contributed by atoms with van der Waals surface area (Å²) in [5.74, 6) is -1.18. The zero-order valence-corrected chi connectivity index (χ0v) is 8.96. The first-order valence-electron chi connectivity index (χ1n) is 4.11. The van der Waals surface area contributed by atoms with Crippen LogP contribution in [-0.4, -0.2) is 16.8 Å². The van der Waals surface area contributed by atoms with E-state index in [0.29, 0.717) is 5.56 Å². The van der Waals surface area contributed by atoms with Crippen molar-refractivity contribution in [2.75, 3.05) is 6.61 Å². The van der Waals surface area contributed by atoms with Gasteiger partial charge in [-0.3, -0.25) is 0 Å². The van der Waals surface area contributed by atoms with Gasteiger partial charge in [-0.1, -0.05) is 6.07 Å². The maximum Gasteiger partial charge on any atom is 0.179 e. The fourth-order valence-electron chi connectivity index (χ4n) is 1.15. The number of aliphatic hydroxyl groups excluding tert-OH is 1. The summed E-state index contributed by atoms with van der Waals surface area (Å²) in [5.41, 5.74) is 5.93. The third-order valence-corrected chi connectivity index (χ3v) is 2.55. The first kappa shape index (κ1) is 11.4. The SMILES string of the molecule is N[C@H](CCO)c1ccc(Br)c(F)c1O. The van der Waals surface area contributed by atoms with Crippen molar-refractivity contribution in [3.63, 3.8) is 0 Å². The van der Waals surface area contributed by atoms with Crippen LogP contribution in [0.3, 0.4) is 0 Å². The molecule has 14 heavy (non-hydrogen) atoms. The van der Waals surface area contributed by atoms with Crippen molar-refractivity contribution < 1.29 is 14.6 Å². The zero-order chi connectivity index (χ0) is 10.7. The first-order valence-corrected chi connectivity index (χ1v) is 4.90. The van der Waals surface area contributed by atoms with Crippen LogP contribution < -0.4 is 5.73 Å². The number of nitrogens with two attached hydrogens (primary N) is 1. The number of aliphatic hydroxyl groups is 1. The van der Waals surface area contributed by atoms with Crippen molar-refractivity contribution in [3.8, 4) is 5.75 Å². The van der Waals surface area contributed by atoms with Crippen LogP contribution in [0.2, 0.25) is 0 Å². The summed E-state index contributed by atoms with van der Waals surface area (Å²) in [5, 5.41) is 18.1. The number of rotatable bonds is 3. The molecule has 0 aliphatic carbocycles. The van der Waals surface area contributed by atoms with Crippen LogP contribution in [0, 0.1) is 5.82 Å². The summed E-state index contributed by atoms with van der Waals surface area (Å²) in [6.07, 6.45) is 0.286. The van der Waals surface area contributed by atoms with Gasteiger partial charge in [0.2, 0.25) is 0 Å². The molecule has 0 amide bonds. The summed E-state index contributed by atoms with van der Waals surface area (Å²) in [7, 11) is 0. The van der Waals surface area contributed by atoms with Crippen molar-refractivity contribution in [2.24, 2.45) is 5.73 Å². The van der Waals surface area contributed by atoms with E-state index in [-0.39, 0.29) is 17.5 Å². The van der Waals surface area contributed by atoms with Crippen LogP contribution in [0.25, 0.3) is 0 Å². The minimum Gasteiger partial charge on any atom is -0.505 e. The highest BCUT2D eigenvalue weighted by Gasteiger charge is 2.15. The molecule has 0 bridgehead atoms. The normalized spacial score (nSPS) is 12.9. The molecule has 0 heterocycles. The average molecular weight is 264 g/mol. The van der Waals surface area contributed by atoms with Crippen LogP contribution >= 0.6 is 15.9 Å². The highest BCUT2D eigenvalue weighted by molar-refractivity contribution is 9.10. The monoisotopic (exact) mass is 263 g/mol. The molecule has 78 valence electrons. The highest BCUT2D eigenvalue weighted by Crippen LogP contribution is 2.31. The number of phenolic OH excluding ortho intramolecular Hbond substituents is 1. The molecule has 4 N–H and O–H groups in total. The smallest absolute Gasteiger partial charge is 0.179 e. The van der Waals surface area contributed by atoms with E-state index in [1.165, 1.54) is 12.1 Å². The van der Waals surface area contributed by atoms with E-state index in [4.69, 9.17) is 10.8 Å². The third-order valence-electron chi connectivity index (χ3n) is 1.94. The summed E-state index contributed by atoms with van der Waals surface area (Å²) in [6.45, 7) is -0.0989. The highest BCUT2D eigenvalue weighted by atomic mass is 79.9. The van der Waals surface area contributed by atoms with Gasteiger partial charge in [0, 0.05) is 18.2 Å². The summed E-state index contributed by atoms with van der Waals surface area (Å²) < 4.78 is 13.4. The Bertz CT molecular complexity index is 333. The molecule has 0 aliphatic rings. The summed E-state index contributed by atoms with van der Waals surface area (Å²) in [4.78, 5) is 0. The molecule has 0 saturated heterocycles. The lowest BCUT2D eigenvalue weighted by Gasteiger charge is -2.13. The molecule has 0 aliphatic heterocycles. The molecule has 5 heteroatoms. The molecule has 3 nitrogen and oxygen atoms in total. The van der Waals surface area contributed by atoms with Crippen molar-refractivity contribution in [2.45, 2.75) is 12.5 Å². The van der Waals surface area contributed by atoms with Crippen molar-refractivity contribution >= 4 is 15.9 Å². The van der Waals surface area contributed by atoms with Gasteiger partial charge in [-0.25, -0.2) is 4.39 Å². The molecular formula is C9H11BrFNO2. The van der Waals surface area contributed by atoms with Gasteiger partial charge < -0.3 is 15.9 Å². The minimum absolute atomic E-state index is 0.0989. The van der Waals surface area contributed by atoms with E-state index in [9.17, 15) is 9.50 Å². The predicted octanol–water partition coefficient (Wildman–Crippen LogP) is 1.68. The van der Waals surface area contributed by atoms with E-state index in [1.54, 1.807) is 0 Å². The quantitative estimate of drug-likeness (QED) is 0.778. The lowest BCUT2D eigenvalue weighted by atomic mass is 10.0. The van der Waals surface area contributed by atoms with Crippen LogP contribution in [0.1, 0.15) is 18.0 Å². The molecule has 0 fully saturated rings. The van der Waals surface area contributed by atoms with Crippen LogP contribution in [-0.2, 0) is 0 Å². The molecule has 1 aromatic carbocycles. The Labute approximate surface area is 89.5 Å². The Kier molecular flexibility index (Phi) is 3.86. The maximum atomic E-state index is 13.2. The van der Waals surface area contributed by atoms with E-state index in [1.807, 2.05) is 0 Å². The van der Waals surface area contributed by atoms with E-state index in [0.717, 1.165) is 0 Å². The lowest BCUT2D eigenvalue weighted by Crippen LogP contribution is -2.12. The first-order chi connectivity index (χ1) is 6.57. The van der Waals surface area contributed by atoms with Gasteiger partial charge >= 0.3 is 0 Å². The largest absolute Gasteiger partial charge is 0.505 e. The van der Waals surface area contributed by atoms with Crippen molar-refractivity contribution in [1.29, 1.82) is 0 Å². The van der Waals surface area contributed by atoms with Gasteiger partial charge in [0.25, 0.3) is 0 Å². The Morgan fingerprint density at radius 3 is 2.71 bits per heavy atom. The predicted molar refractivity (Wildman–Crippen MR) is 54.4 cm³/mol. The Morgan fingerprint density at radius 2 is 2.14 bits per heavy atom. The molecule has 1 atom stereocenters. The maximum absolute atomic E-state index is 13.2. The van der Waals surface area contributed by atoms with Gasteiger partial charge in [-0.05, 0) is 28.4 Å². The molecule has 0 radical (unpaired) electrons. The fraction of sp³-hybridized carbons (Fsp3) is 0.333. The Morgan fingerprint density at radius 1 is 1.50 bits per heavy atom. The average Bonchev–Trinajstić information content (AvgIpc) is 2.15. The lowest BCUT2D eigenvalue weighted by molar-refractivity contribution is 0.275. The molecule has 0 spiro atoms. The number of halogens is 2. The van der Waals surface area contributed by atoms with Gasteiger partial charge in [-0.15, -0.1) is 0 Å².